The van der Waals surface area contributed by atoms with Gasteiger partial charge in [-0.3, -0.25) is 10.9 Å². The highest BCUT2D eigenvalue weighted by Crippen LogP contribution is 2.31. The molecule has 2 aliphatic rings. The van der Waals surface area contributed by atoms with E-state index >= 15 is 0 Å². The Morgan fingerprint density at radius 1 is 1.22 bits per heavy atom. The average molecular weight is 316 g/mol. The predicted octanol–water partition coefficient (Wildman–Crippen LogP) is 3.31. The van der Waals surface area contributed by atoms with Crippen LogP contribution >= 0.6 is 0 Å². The molecule has 2 aliphatic heterocycles. The molecule has 3 nitrogen and oxygen atoms in total. The molecule has 3 atom stereocenters. The van der Waals surface area contributed by atoms with E-state index in [1.54, 1.807) is 0 Å². The summed E-state index contributed by atoms with van der Waals surface area (Å²) in [6.07, 6.45) is 4.03. The summed E-state index contributed by atoms with van der Waals surface area (Å²) in [6, 6.07) is 9.71. The highest BCUT2D eigenvalue weighted by atomic mass is 15.4. The molecule has 23 heavy (non-hydrogen) atoms. The first-order valence-electron chi connectivity index (χ1n) is 9.41. The van der Waals surface area contributed by atoms with Crippen LogP contribution in [0.1, 0.15) is 50.2 Å². The summed E-state index contributed by atoms with van der Waals surface area (Å²) < 4.78 is 0. The van der Waals surface area contributed by atoms with Crippen molar-refractivity contribution in [2.45, 2.75) is 52.0 Å². The SMILES string of the molecule is Cc1ccc(C2CNNC2C2CCCN(CCC(C)C)C2)cc1. The minimum atomic E-state index is 0.569. The number of nitrogens with one attached hydrogen (secondary N) is 2. The maximum atomic E-state index is 3.60. The molecule has 0 saturated carbocycles. The van der Waals surface area contributed by atoms with Crippen molar-refractivity contribution in [2.75, 3.05) is 26.2 Å². The normalized spacial score (nSPS) is 29.3. The molecule has 0 amide bonds. The fraction of sp³-hybridized carbons (Fsp3) is 0.700. The van der Waals surface area contributed by atoms with E-state index in [-0.39, 0.29) is 0 Å². The van der Waals surface area contributed by atoms with Crippen molar-refractivity contribution in [1.82, 2.24) is 15.8 Å². The molecule has 3 unspecified atom stereocenters. The van der Waals surface area contributed by atoms with Gasteiger partial charge in [0.1, 0.15) is 0 Å². The Bertz CT molecular complexity index is 482. The van der Waals surface area contributed by atoms with Gasteiger partial charge in [0.25, 0.3) is 0 Å². The molecule has 1 aromatic rings. The molecule has 128 valence electrons. The molecule has 0 aromatic heterocycles. The Kier molecular flexibility index (Phi) is 5.73. The van der Waals surface area contributed by atoms with Crippen LogP contribution in [0.25, 0.3) is 0 Å². The van der Waals surface area contributed by atoms with E-state index in [0.717, 1.165) is 18.4 Å². The second-order valence-electron chi connectivity index (χ2n) is 7.95. The van der Waals surface area contributed by atoms with Crippen molar-refractivity contribution >= 4 is 0 Å². The molecule has 2 heterocycles. The van der Waals surface area contributed by atoms with Crippen LogP contribution in [-0.4, -0.2) is 37.1 Å². The van der Waals surface area contributed by atoms with Crippen LogP contribution in [0.15, 0.2) is 24.3 Å². The monoisotopic (exact) mass is 315 g/mol. The lowest BCUT2D eigenvalue weighted by Crippen LogP contribution is -2.46. The number of aryl methyl sites for hydroxylation is 1. The standard InChI is InChI=1S/C20H33N3/c1-15(2)10-12-23-11-4-5-18(14-23)20-19(13-21-22-20)17-8-6-16(3)7-9-17/h6-9,15,18-22H,4-5,10-14H2,1-3H3. The van der Waals surface area contributed by atoms with Crippen LogP contribution in [0.5, 0.6) is 0 Å². The highest BCUT2D eigenvalue weighted by molar-refractivity contribution is 5.27. The second kappa shape index (κ2) is 7.78. The lowest BCUT2D eigenvalue weighted by molar-refractivity contribution is 0.140. The van der Waals surface area contributed by atoms with Gasteiger partial charge in [0.15, 0.2) is 0 Å². The molecule has 0 spiro atoms. The number of piperidine rings is 1. The zero-order chi connectivity index (χ0) is 16.2. The van der Waals surface area contributed by atoms with Gasteiger partial charge in [-0.05, 0) is 56.7 Å². The van der Waals surface area contributed by atoms with Gasteiger partial charge in [0, 0.05) is 25.0 Å². The molecular formula is C20H33N3. The fourth-order valence-corrected chi connectivity index (χ4v) is 4.13. The first-order chi connectivity index (χ1) is 11.1. The summed E-state index contributed by atoms with van der Waals surface area (Å²) in [6.45, 7) is 11.7. The lowest BCUT2D eigenvalue weighted by atomic mass is 9.81. The minimum absolute atomic E-state index is 0.569. The topological polar surface area (TPSA) is 27.3 Å². The lowest BCUT2D eigenvalue weighted by Gasteiger charge is -2.37. The third kappa shape index (κ3) is 4.34. The van der Waals surface area contributed by atoms with Crippen LogP contribution in [-0.2, 0) is 0 Å². The Balaban J connectivity index is 1.63. The van der Waals surface area contributed by atoms with Gasteiger partial charge >= 0.3 is 0 Å². The van der Waals surface area contributed by atoms with Crippen molar-refractivity contribution < 1.29 is 0 Å². The molecule has 3 rings (SSSR count). The third-order valence-electron chi connectivity index (χ3n) is 5.60. The first kappa shape index (κ1) is 16.9. The van der Waals surface area contributed by atoms with E-state index in [0.29, 0.717) is 12.0 Å². The summed E-state index contributed by atoms with van der Waals surface area (Å²) in [5.41, 5.74) is 9.86. The summed E-state index contributed by atoms with van der Waals surface area (Å²) in [4.78, 5) is 2.69. The summed E-state index contributed by atoms with van der Waals surface area (Å²) in [5.74, 6) is 2.17. The van der Waals surface area contributed by atoms with E-state index in [4.69, 9.17) is 0 Å². The molecular weight excluding hydrogens is 282 g/mol. The van der Waals surface area contributed by atoms with Crippen molar-refractivity contribution in [2.24, 2.45) is 11.8 Å². The van der Waals surface area contributed by atoms with Gasteiger partial charge < -0.3 is 4.90 Å². The number of likely N-dealkylation sites (tertiary alicyclic amines) is 1. The maximum Gasteiger partial charge on any atom is 0.0334 e. The van der Waals surface area contributed by atoms with E-state index in [1.165, 1.54) is 50.0 Å². The van der Waals surface area contributed by atoms with Crippen molar-refractivity contribution in [3.63, 3.8) is 0 Å². The third-order valence-corrected chi connectivity index (χ3v) is 5.60. The van der Waals surface area contributed by atoms with Gasteiger partial charge in [0.2, 0.25) is 0 Å². The van der Waals surface area contributed by atoms with Crippen LogP contribution in [0, 0.1) is 18.8 Å². The van der Waals surface area contributed by atoms with E-state index in [9.17, 15) is 0 Å². The van der Waals surface area contributed by atoms with E-state index < -0.39 is 0 Å². The van der Waals surface area contributed by atoms with Crippen molar-refractivity contribution in [3.05, 3.63) is 35.4 Å². The quantitative estimate of drug-likeness (QED) is 0.873. The first-order valence-corrected chi connectivity index (χ1v) is 9.41. The van der Waals surface area contributed by atoms with E-state index in [1.807, 2.05) is 0 Å². The van der Waals surface area contributed by atoms with Crippen LogP contribution < -0.4 is 10.9 Å². The highest BCUT2D eigenvalue weighted by Gasteiger charge is 2.36. The smallest absolute Gasteiger partial charge is 0.0334 e. The Labute approximate surface area is 141 Å². The Hall–Kier alpha value is -0.900. The second-order valence-corrected chi connectivity index (χ2v) is 7.95. The van der Waals surface area contributed by atoms with Crippen molar-refractivity contribution in [3.8, 4) is 0 Å². The van der Waals surface area contributed by atoms with Crippen LogP contribution in [0.2, 0.25) is 0 Å². The Morgan fingerprint density at radius 2 is 2.00 bits per heavy atom. The molecule has 2 N–H and O–H groups in total. The number of hydrogen-bond acceptors (Lipinski definition) is 3. The molecule has 2 fully saturated rings. The van der Waals surface area contributed by atoms with Gasteiger partial charge in [-0.1, -0.05) is 43.7 Å². The summed E-state index contributed by atoms with van der Waals surface area (Å²) >= 11 is 0. The maximum absolute atomic E-state index is 3.60. The fourth-order valence-electron chi connectivity index (χ4n) is 4.13. The number of nitrogens with zero attached hydrogens (tertiary/aromatic N) is 1. The average Bonchev–Trinajstić information content (AvgIpc) is 3.03. The number of rotatable bonds is 5. The van der Waals surface area contributed by atoms with Gasteiger partial charge in [-0.2, -0.15) is 0 Å². The zero-order valence-corrected chi connectivity index (χ0v) is 15.0. The number of hydrazine groups is 1. The molecule has 1 aromatic carbocycles. The predicted molar refractivity (Wildman–Crippen MR) is 97.5 cm³/mol. The number of hydrogen-bond donors (Lipinski definition) is 2. The summed E-state index contributed by atoms with van der Waals surface area (Å²) in [7, 11) is 0. The molecule has 0 bridgehead atoms. The van der Waals surface area contributed by atoms with Crippen LogP contribution in [0.3, 0.4) is 0 Å². The van der Waals surface area contributed by atoms with Crippen LogP contribution in [0.4, 0.5) is 0 Å². The van der Waals surface area contributed by atoms with Gasteiger partial charge in [-0.25, -0.2) is 0 Å². The zero-order valence-electron chi connectivity index (χ0n) is 15.0. The van der Waals surface area contributed by atoms with Crippen molar-refractivity contribution in [1.29, 1.82) is 0 Å². The van der Waals surface area contributed by atoms with E-state index in [2.05, 4.69) is 60.8 Å². The minimum Gasteiger partial charge on any atom is -0.303 e. The molecule has 2 saturated heterocycles. The molecule has 3 heteroatoms. The largest absolute Gasteiger partial charge is 0.303 e. The van der Waals surface area contributed by atoms with Gasteiger partial charge in [-0.15, -0.1) is 0 Å². The number of benzene rings is 1. The summed E-state index contributed by atoms with van der Waals surface area (Å²) in [5, 5.41) is 0. The Morgan fingerprint density at radius 3 is 2.74 bits per heavy atom. The molecule has 0 radical (unpaired) electrons. The molecule has 0 aliphatic carbocycles. The van der Waals surface area contributed by atoms with Gasteiger partial charge in [0.05, 0.1) is 0 Å².